The van der Waals surface area contributed by atoms with Crippen LogP contribution in [0.4, 0.5) is 0 Å². The van der Waals surface area contributed by atoms with Crippen LogP contribution in [0.25, 0.3) is 0 Å². The first kappa shape index (κ1) is 90.0. The predicted octanol–water partition coefficient (Wildman–Crippen LogP) is 22.5. The smallest absolute Gasteiger partial charge is 0.312 e. The third-order valence-electron chi connectivity index (χ3n) is 33.4. The zero-order chi connectivity index (χ0) is 75.9. The van der Waals surface area contributed by atoms with E-state index in [0.717, 1.165) is 162 Å². The molecule has 28 atom stereocenters. The molecular formula is C96H158O11S2. The minimum Gasteiger partial charge on any atom is -0.393 e. The van der Waals surface area contributed by atoms with E-state index in [-0.39, 0.29) is 51.9 Å². The van der Waals surface area contributed by atoms with Crippen LogP contribution in [0.5, 0.6) is 5.75 Å². The van der Waals surface area contributed by atoms with Gasteiger partial charge in [0.15, 0.2) is 9.84 Å². The van der Waals surface area contributed by atoms with Gasteiger partial charge in [0.25, 0.3) is 0 Å². The summed E-state index contributed by atoms with van der Waals surface area (Å²) in [5.41, 5.74) is 4.44. The molecule has 0 bridgehead atoms. The molecule has 0 aromatic heterocycles. The van der Waals surface area contributed by atoms with Crippen molar-refractivity contribution < 1.29 is 51.3 Å². The molecule has 0 radical (unpaired) electrons. The van der Waals surface area contributed by atoms with Crippen molar-refractivity contribution in [1.29, 1.82) is 0 Å². The van der Waals surface area contributed by atoms with Gasteiger partial charge in [0, 0.05) is 0 Å². The molecule has 2 aromatic carbocycles. The summed E-state index contributed by atoms with van der Waals surface area (Å²) in [5.74, 6) is 13.3. The second-order valence-electron chi connectivity index (χ2n) is 39.3. The summed E-state index contributed by atoms with van der Waals surface area (Å²) in [6.45, 7) is 27.8. The summed E-state index contributed by atoms with van der Waals surface area (Å²) in [4.78, 5) is 0.463. The quantitative estimate of drug-likeness (QED) is 0.0454. The van der Waals surface area contributed by atoms with Crippen LogP contribution in [0, 0.1) is 123 Å². The number of ether oxygens (including phenoxy) is 1. The van der Waals surface area contributed by atoms with Crippen LogP contribution in [0.15, 0.2) is 101 Å². The fourth-order valence-corrected chi connectivity index (χ4v) is 30.3. The average Bonchev–Trinajstić information content (AvgIpc) is 1.65. The van der Waals surface area contributed by atoms with Crippen molar-refractivity contribution in [2.24, 2.45) is 123 Å². The second kappa shape index (κ2) is 36.7. The first-order chi connectivity index (χ1) is 50.3. The normalized spacial score (nSPS) is 40.2. The average molecular weight is 1550 g/mol. The molecule has 9 saturated carbocycles. The zero-order valence-electron chi connectivity index (χ0n) is 68.0. The summed E-state index contributed by atoms with van der Waals surface area (Å²) in [7, 11) is -7.08. The fourth-order valence-electron chi connectivity index (χ4n) is 27.2. The summed E-state index contributed by atoms with van der Waals surface area (Å²) < 4.78 is 62.8. The monoisotopic (exact) mass is 1550 g/mol. The number of hydrogen-bond donors (Lipinski definition) is 5. The maximum absolute atomic E-state index is 13.4. The van der Waals surface area contributed by atoms with Crippen molar-refractivity contribution in [2.45, 2.75) is 363 Å². The Hall–Kier alpha value is -2.88. The Morgan fingerprint density at radius 2 is 0.835 bits per heavy atom. The first-order valence-corrected chi connectivity index (χ1v) is 46.9. The summed E-state index contributed by atoms with van der Waals surface area (Å²) in [5, 5.41) is 51.8. The van der Waals surface area contributed by atoms with Crippen molar-refractivity contribution >= 4 is 20.0 Å². The predicted molar refractivity (Wildman–Crippen MR) is 450 cm³/mol. The van der Waals surface area contributed by atoms with E-state index in [9.17, 15) is 42.4 Å². The van der Waals surface area contributed by atoms with Crippen molar-refractivity contribution in [2.75, 3.05) is 12.4 Å². The number of para-hydroxylation sites is 1. The highest BCUT2D eigenvalue weighted by molar-refractivity contribution is 7.91. The molecule has 0 spiro atoms. The Bertz CT molecular complexity index is 3550. The minimum absolute atomic E-state index is 0. The van der Waals surface area contributed by atoms with Crippen LogP contribution in [0.1, 0.15) is 317 Å². The molecule has 620 valence electrons. The Morgan fingerprint density at radius 3 is 1.19 bits per heavy atom. The number of aliphatic hydroxyl groups excluding tert-OH is 2. The molecule has 1 aliphatic heterocycles. The molecule has 109 heavy (non-hydrogen) atoms. The molecule has 1 unspecified atom stereocenters. The maximum atomic E-state index is 13.4. The third kappa shape index (κ3) is 19.5. The Labute approximate surface area is 666 Å². The Morgan fingerprint density at radius 1 is 0.468 bits per heavy atom. The van der Waals surface area contributed by atoms with E-state index in [2.05, 4.69) is 87.5 Å². The van der Waals surface area contributed by atoms with Gasteiger partial charge in [-0.25, -0.2) is 8.42 Å². The number of aliphatic hydroxyl groups is 5. The second-order valence-corrected chi connectivity index (χ2v) is 43.3. The highest BCUT2D eigenvalue weighted by Gasteiger charge is 2.61. The van der Waals surface area contributed by atoms with Gasteiger partial charge in [-0.1, -0.05) is 169 Å². The van der Waals surface area contributed by atoms with Gasteiger partial charge in [-0.05, 0) is 367 Å². The van der Waals surface area contributed by atoms with E-state index in [1.54, 1.807) is 54.5 Å². The van der Waals surface area contributed by atoms with Crippen LogP contribution >= 0.6 is 0 Å². The van der Waals surface area contributed by atoms with Gasteiger partial charge in [0.1, 0.15) is 11.0 Å². The van der Waals surface area contributed by atoms with Gasteiger partial charge < -0.3 is 34.5 Å². The Balaban J connectivity index is 0.000000182. The number of benzene rings is 2. The van der Waals surface area contributed by atoms with Gasteiger partial charge in [0.05, 0.1) is 52.4 Å². The zero-order valence-corrected chi connectivity index (χ0v) is 69.6. The fraction of sp³-hybridized carbons (Fsp3) is 0.812. The van der Waals surface area contributed by atoms with E-state index < -0.39 is 48.1 Å². The SMILES string of the molecule is C.C.C.CC[C@]1(O)CC[C@H]2C(=CC[C@@H]3[C@@H]2CC[C@]2(C)[C@@H]([C@H](C)CC(C[C@@H](C)O)S(=O)(=O)Oc4ccccc4)CC[C@@H]32)C1.CC[C@]1(O)CC[C@H]2C(=CC[C@@H]3[C@@H]2CC[C@]2(C)[C@@H]([C@H](C)CCC[C@@H](C)O)CC[C@@H]32)C1.CC[C@]1(O)CC[C@H]2C(=CC[C@@H]3[C@@H]2CC[C@]2(C)[C@@H]([C@H](C)CCS(=O)(=O)c4ccccc4)CC[C@@H]32)C1.C[C@@H]1CO1. The molecule has 13 heteroatoms. The molecule has 0 amide bonds. The lowest BCUT2D eigenvalue weighted by atomic mass is 9.50. The van der Waals surface area contributed by atoms with Gasteiger partial charge in [0.2, 0.25) is 0 Å². The van der Waals surface area contributed by atoms with Gasteiger partial charge in [-0.3, -0.25) is 0 Å². The highest BCUT2D eigenvalue weighted by Crippen LogP contribution is 2.69. The van der Waals surface area contributed by atoms with E-state index in [4.69, 9.17) is 8.92 Å². The van der Waals surface area contributed by atoms with Crippen LogP contribution in [0.2, 0.25) is 0 Å². The molecule has 2 aromatic rings. The molecule has 1 saturated heterocycles. The molecule has 10 fully saturated rings. The van der Waals surface area contributed by atoms with Gasteiger partial charge in [-0.15, -0.1) is 0 Å². The lowest BCUT2D eigenvalue weighted by molar-refractivity contribution is -0.0461. The largest absolute Gasteiger partial charge is 0.393 e. The van der Waals surface area contributed by atoms with Crippen molar-refractivity contribution in [3.05, 3.63) is 95.6 Å². The first-order valence-electron chi connectivity index (χ1n) is 43.8. The number of allylic oxidation sites excluding steroid dienone is 3. The van der Waals surface area contributed by atoms with Crippen molar-refractivity contribution in [3.8, 4) is 5.75 Å². The highest BCUT2D eigenvalue weighted by atomic mass is 32.2. The molecule has 5 N–H and O–H groups in total. The van der Waals surface area contributed by atoms with E-state index in [1.165, 1.54) is 108 Å². The van der Waals surface area contributed by atoms with Gasteiger partial charge in [-0.2, -0.15) is 8.42 Å². The lowest BCUT2D eigenvalue weighted by Gasteiger charge is -2.55. The van der Waals surface area contributed by atoms with E-state index in [1.807, 2.05) is 31.2 Å². The molecule has 15 rings (SSSR count). The summed E-state index contributed by atoms with van der Waals surface area (Å²) in [6, 6.07) is 17.7. The number of sulfone groups is 1. The van der Waals surface area contributed by atoms with Crippen LogP contribution in [-0.4, -0.2) is 95.1 Å². The van der Waals surface area contributed by atoms with E-state index >= 15 is 0 Å². The molecule has 1 heterocycles. The van der Waals surface area contributed by atoms with E-state index in [0.29, 0.717) is 75.4 Å². The standard InChI is InChI=1S/C33H50O5S.C30H44O3S.C27H46O2.C3H6O.3CH4/c1-5-33(35)18-16-27-24(21-33)11-12-29-28(27)15-17-32(4)30(13-14-31(29)32)22(2)19-26(20-23(3)34)39(36,37)38-25-9-7-6-8-10-25;1-4-30(31)18-15-24-22(20-30)10-11-26-25(24)14-17-29(3)27(12-13-28(26)29)21(2)16-19-34(32,33)23-8-6-5-7-9-23;1-5-27(29)16-14-21-20(17-27)9-10-23-22(21)13-15-26(4)24(11-12-25(23)26)18(2)7-6-8-19(3)28;1-3-2-4-3;;;/h6-11,22-23,26-31,34-35H,5,12-21H2,1-4H3;5-10,21,24-28,31H,4,11-20H2,1-3H3;9,18-19,21-25,28-29H,5-8,10-17H2,1-4H3;3H,2H2,1H3;3*1H4/t22-,23-,26?,27+,28-,29-,30-,31+,32-,33+;21-,24+,25-,26-,27-,28+,29-,30+;18-,19-,21+,22-,23-,24-,25+,26-,27+;3-;;;/m1111.../s1. The molecule has 11 nitrogen and oxygen atoms in total. The number of hydrogen-bond acceptors (Lipinski definition) is 11. The lowest BCUT2D eigenvalue weighted by Crippen LogP contribution is -2.48. The summed E-state index contributed by atoms with van der Waals surface area (Å²) in [6.07, 6.45) is 43.3. The topological polar surface area (TPSA) is 191 Å². The van der Waals surface area contributed by atoms with Crippen LogP contribution in [-0.2, 0) is 24.7 Å². The molecule has 13 aliphatic rings. The number of fused-ring (bicyclic) bond motifs is 15. The Kier molecular flexibility index (Phi) is 30.3. The molecular weight excluding hydrogens is 1390 g/mol. The number of rotatable bonds is 21. The number of epoxide rings is 1. The molecule has 12 aliphatic carbocycles. The van der Waals surface area contributed by atoms with Crippen molar-refractivity contribution in [1.82, 2.24) is 0 Å². The third-order valence-corrected chi connectivity index (χ3v) is 36.7. The van der Waals surface area contributed by atoms with Gasteiger partial charge >= 0.3 is 10.1 Å². The summed E-state index contributed by atoms with van der Waals surface area (Å²) >= 11 is 0. The van der Waals surface area contributed by atoms with Crippen LogP contribution in [0.3, 0.4) is 0 Å². The maximum Gasteiger partial charge on any atom is 0.312 e. The van der Waals surface area contributed by atoms with Crippen LogP contribution < -0.4 is 4.18 Å². The van der Waals surface area contributed by atoms with Crippen molar-refractivity contribution in [3.63, 3.8) is 0 Å². The minimum atomic E-state index is -3.88.